The zero-order chi connectivity index (χ0) is 12.8. The van der Waals surface area contributed by atoms with Gasteiger partial charge >= 0.3 is 0 Å². The van der Waals surface area contributed by atoms with E-state index in [1.165, 1.54) is 0 Å². The van der Waals surface area contributed by atoms with Crippen molar-refractivity contribution >= 4 is 11.3 Å². The van der Waals surface area contributed by atoms with Crippen LogP contribution < -0.4 is 0 Å². The minimum Gasteiger partial charge on any atom is -0.197 e. The van der Waals surface area contributed by atoms with Crippen molar-refractivity contribution in [3.05, 3.63) is 58.3 Å². The third-order valence-electron chi connectivity index (χ3n) is 2.89. The zero-order valence-corrected chi connectivity index (χ0v) is 10.6. The molecule has 0 radical (unpaired) electrons. The first kappa shape index (κ1) is 12.4. The molecule has 0 aliphatic heterocycles. The fraction of sp³-hybridized carbons (Fsp3) is 0.200. The van der Waals surface area contributed by atoms with E-state index in [9.17, 15) is 0 Å². The van der Waals surface area contributed by atoms with E-state index in [4.69, 9.17) is 10.5 Å². The Morgan fingerprint density at radius 3 is 2.28 bits per heavy atom. The molecule has 88 valence electrons. The van der Waals surface area contributed by atoms with Gasteiger partial charge in [0.2, 0.25) is 0 Å². The quantitative estimate of drug-likeness (QED) is 0.832. The molecule has 1 aromatic heterocycles. The molecular weight excluding hydrogens is 240 g/mol. The van der Waals surface area contributed by atoms with Crippen molar-refractivity contribution in [1.82, 2.24) is 0 Å². The number of benzene rings is 1. The largest absolute Gasteiger partial charge is 0.197 e. The smallest absolute Gasteiger partial charge is 0.141 e. The van der Waals surface area contributed by atoms with E-state index < -0.39 is 5.92 Å². The van der Waals surface area contributed by atoms with Crippen molar-refractivity contribution in [3.63, 3.8) is 0 Å². The Morgan fingerprint density at radius 2 is 1.72 bits per heavy atom. The van der Waals surface area contributed by atoms with Crippen molar-refractivity contribution in [3.8, 4) is 12.1 Å². The van der Waals surface area contributed by atoms with Gasteiger partial charge in [0, 0.05) is 10.8 Å². The second kappa shape index (κ2) is 6.00. The van der Waals surface area contributed by atoms with Crippen molar-refractivity contribution in [2.24, 2.45) is 5.92 Å². The highest BCUT2D eigenvalue weighted by Crippen LogP contribution is 2.31. The summed E-state index contributed by atoms with van der Waals surface area (Å²) < 4.78 is 0. The molecule has 0 aliphatic rings. The average molecular weight is 252 g/mol. The zero-order valence-electron chi connectivity index (χ0n) is 9.78. The maximum absolute atomic E-state index is 9.11. The molecule has 0 saturated carbocycles. The molecule has 0 saturated heterocycles. The number of hydrogen-bond acceptors (Lipinski definition) is 3. The highest BCUT2D eigenvalue weighted by molar-refractivity contribution is 7.10. The van der Waals surface area contributed by atoms with Crippen molar-refractivity contribution in [1.29, 1.82) is 10.5 Å². The van der Waals surface area contributed by atoms with Crippen molar-refractivity contribution in [2.75, 3.05) is 0 Å². The molecule has 1 aromatic carbocycles. The Hall–Kier alpha value is -2.10. The molecule has 1 atom stereocenters. The minimum atomic E-state index is -0.594. The molecule has 0 amide bonds. The first-order chi connectivity index (χ1) is 8.85. The predicted molar refractivity (Wildman–Crippen MR) is 71.9 cm³/mol. The number of thiophene rings is 1. The lowest BCUT2D eigenvalue weighted by Gasteiger charge is -2.15. The van der Waals surface area contributed by atoms with Crippen LogP contribution in [0.15, 0.2) is 47.8 Å². The number of rotatable bonds is 4. The average Bonchev–Trinajstić information content (AvgIpc) is 2.94. The van der Waals surface area contributed by atoms with E-state index in [-0.39, 0.29) is 5.92 Å². The fourth-order valence-electron chi connectivity index (χ4n) is 1.96. The monoisotopic (exact) mass is 252 g/mol. The summed E-state index contributed by atoms with van der Waals surface area (Å²) in [4.78, 5) is 1.10. The normalized spacial score (nSPS) is 11.7. The predicted octanol–water partition coefficient (Wildman–Crippen LogP) is 3.74. The lowest BCUT2D eigenvalue weighted by Crippen LogP contribution is -2.11. The van der Waals surface area contributed by atoms with Gasteiger partial charge in [0.15, 0.2) is 0 Å². The third kappa shape index (κ3) is 2.77. The van der Waals surface area contributed by atoms with E-state index in [0.29, 0.717) is 0 Å². The van der Waals surface area contributed by atoms with E-state index in [0.717, 1.165) is 16.9 Å². The van der Waals surface area contributed by atoms with Gasteiger partial charge in [-0.2, -0.15) is 10.5 Å². The van der Waals surface area contributed by atoms with Crippen LogP contribution in [-0.2, 0) is 6.42 Å². The third-order valence-corrected chi connectivity index (χ3v) is 3.89. The van der Waals surface area contributed by atoms with Crippen LogP contribution in [0, 0.1) is 28.6 Å². The topological polar surface area (TPSA) is 47.6 Å². The van der Waals surface area contributed by atoms with Crippen LogP contribution in [0.2, 0.25) is 0 Å². The number of nitriles is 2. The van der Waals surface area contributed by atoms with Crippen LogP contribution in [0.4, 0.5) is 0 Å². The fourth-order valence-corrected chi connectivity index (χ4v) is 2.83. The molecule has 0 N–H and O–H groups in total. The summed E-state index contributed by atoms with van der Waals surface area (Å²) in [7, 11) is 0. The Labute approximate surface area is 111 Å². The van der Waals surface area contributed by atoms with E-state index >= 15 is 0 Å². The molecule has 0 bridgehead atoms. The number of hydrogen-bond donors (Lipinski definition) is 0. The molecule has 3 heteroatoms. The molecule has 1 heterocycles. The van der Waals surface area contributed by atoms with E-state index in [1.807, 2.05) is 47.8 Å². The van der Waals surface area contributed by atoms with Crippen molar-refractivity contribution in [2.45, 2.75) is 12.3 Å². The van der Waals surface area contributed by atoms with Gasteiger partial charge in [-0.25, -0.2) is 0 Å². The van der Waals surface area contributed by atoms with Gasteiger partial charge in [-0.1, -0.05) is 36.4 Å². The Balaban J connectivity index is 2.27. The second-order valence-corrected chi connectivity index (χ2v) is 5.03. The molecule has 2 aromatic rings. The Kier molecular flexibility index (Phi) is 4.12. The summed E-state index contributed by atoms with van der Waals surface area (Å²) in [5, 5.41) is 20.2. The van der Waals surface area contributed by atoms with Gasteiger partial charge < -0.3 is 0 Å². The molecule has 2 rings (SSSR count). The molecule has 1 unspecified atom stereocenters. The maximum atomic E-state index is 9.11. The van der Waals surface area contributed by atoms with Gasteiger partial charge in [-0.15, -0.1) is 11.3 Å². The van der Waals surface area contributed by atoms with Gasteiger partial charge in [-0.3, -0.25) is 0 Å². The molecule has 18 heavy (non-hydrogen) atoms. The second-order valence-electron chi connectivity index (χ2n) is 4.05. The minimum absolute atomic E-state index is 0.0394. The standard InChI is InChI=1S/C15H12N2S/c16-10-13(11-17)14(15-7-4-8-18-15)9-12-5-2-1-3-6-12/h1-8,13-14H,9H2. The van der Waals surface area contributed by atoms with Crippen LogP contribution in [0.1, 0.15) is 16.4 Å². The van der Waals surface area contributed by atoms with Crippen LogP contribution in [0.3, 0.4) is 0 Å². The first-order valence-corrected chi connectivity index (χ1v) is 6.59. The van der Waals surface area contributed by atoms with Crippen LogP contribution in [0.25, 0.3) is 0 Å². The van der Waals surface area contributed by atoms with Crippen LogP contribution in [-0.4, -0.2) is 0 Å². The van der Waals surface area contributed by atoms with E-state index in [1.54, 1.807) is 11.3 Å². The summed E-state index contributed by atoms with van der Waals surface area (Å²) in [5.41, 5.74) is 1.16. The summed E-state index contributed by atoms with van der Waals surface area (Å²) in [5.74, 6) is -0.633. The summed E-state index contributed by atoms with van der Waals surface area (Å²) in [6, 6.07) is 18.2. The molecular formula is C15H12N2S. The Morgan fingerprint density at radius 1 is 1.00 bits per heavy atom. The first-order valence-electron chi connectivity index (χ1n) is 5.71. The summed E-state index contributed by atoms with van der Waals surface area (Å²) in [6.45, 7) is 0. The van der Waals surface area contributed by atoms with Crippen molar-refractivity contribution < 1.29 is 0 Å². The Bertz CT molecular complexity index is 547. The molecule has 2 nitrogen and oxygen atoms in total. The summed E-state index contributed by atoms with van der Waals surface area (Å²) in [6.07, 6.45) is 0.729. The molecule has 0 spiro atoms. The maximum Gasteiger partial charge on any atom is 0.141 e. The highest BCUT2D eigenvalue weighted by atomic mass is 32.1. The lowest BCUT2D eigenvalue weighted by molar-refractivity contribution is 0.618. The van der Waals surface area contributed by atoms with Gasteiger partial charge in [-0.05, 0) is 23.4 Å². The van der Waals surface area contributed by atoms with E-state index in [2.05, 4.69) is 12.1 Å². The van der Waals surface area contributed by atoms with Gasteiger partial charge in [0.25, 0.3) is 0 Å². The number of nitrogens with zero attached hydrogens (tertiary/aromatic N) is 2. The molecule has 0 fully saturated rings. The summed E-state index contributed by atoms with van der Waals surface area (Å²) >= 11 is 1.61. The van der Waals surface area contributed by atoms with Gasteiger partial charge in [0.1, 0.15) is 5.92 Å². The lowest BCUT2D eigenvalue weighted by atomic mass is 9.87. The SMILES string of the molecule is N#CC(C#N)C(Cc1ccccc1)c1cccs1. The molecule has 0 aliphatic carbocycles. The highest BCUT2D eigenvalue weighted by Gasteiger charge is 2.24. The van der Waals surface area contributed by atoms with Crippen LogP contribution >= 0.6 is 11.3 Å². The van der Waals surface area contributed by atoms with Crippen LogP contribution in [0.5, 0.6) is 0 Å². The van der Waals surface area contributed by atoms with Gasteiger partial charge in [0.05, 0.1) is 12.1 Å².